The fourth-order valence-corrected chi connectivity index (χ4v) is 6.82. The van der Waals surface area contributed by atoms with Crippen LogP contribution in [0.2, 0.25) is 0 Å². The molecular formula is C46H32N4. The highest BCUT2D eigenvalue weighted by Crippen LogP contribution is 2.43. The standard InChI is InChI=1S/C46H32N4/c1-5-13-31(14-6-1)33-21-25-36(26-22-33)42-39-29-30-40-41(43(35-17-9-3-10-18-35)49-45(47-40)37-19-11-4-12-20-37)44(39)50-46(48-42)38-27-23-34(24-28-38)32-15-7-2-8-16-32/h1-30,43H,(H,47,49). The van der Waals surface area contributed by atoms with E-state index in [-0.39, 0.29) is 6.04 Å². The Morgan fingerprint density at radius 1 is 0.400 bits per heavy atom. The van der Waals surface area contributed by atoms with Crippen LogP contribution in [0.25, 0.3) is 55.8 Å². The molecule has 1 aromatic heterocycles. The number of aromatic nitrogens is 2. The quantitative estimate of drug-likeness (QED) is 0.197. The zero-order valence-electron chi connectivity index (χ0n) is 27.2. The first-order valence-corrected chi connectivity index (χ1v) is 16.9. The lowest BCUT2D eigenvalue weighted by Crippen LogP contribution is -2.22. The number of amidine groups is 1. The van der Waals surface area contributed by atoms with Gasteiger partial charge in [-0.05, 0) is 39.9 Å². The van der Waals surface area contributed by atoms with Gasteiger partial charge in [-0.3, -0.25) is 4.99 Å². The minimum absolute atomic E-state index is 0.261. The maximum Gasteiger partial charge on any atom is 0.160 e. The van der Waals surface area contributed by atoms with Crippen molar-refractivity contribution < 1.29 is 0 Å². The Morgan fingerprint density at radius 3 is 1.46 bits per heavy atom. The molecule has 4 heteroatoms. The predicted molar refractivity (Wildman–Crippen MR) is 206 cm³/mol. The first-order chi connectivity index (χ1) is 24.8. The van der Waals surface area contributed by atoms with Crippen molar-refractivity contribution in [1.29, 1.82) is 0 Å². The Bertz CT molecular complexity index is 2460. The number of aliphatic imine (C=N–C) groups is 1. The van der Waals surface area contributed by atoms with E-state index in [0.29, 0.717) is 5.82 Å². The van der Waals surface area contributed by atoms with Gasteiger partial charge in [-0.2, -0.15) is 0 Å². The van der Waals surface area contributed by atoms with Crippen LogP contribution in [0, 0.1) is 0 Å². The predicted octanol–water partition coefficient (Wildman–Crippen LogP) is 11.3. The fourth-order valence-electron chi connectivity index (χ4n) is 6.82. The summed E-state index contributed by atoms with van der Waals surface area (Å²) < 4.78 is 0. The van der Waals surface area contributed by atoms with E-state index in [1.807, 2.05) is 36.4 Å². The van der Waals surface area contributed by atoms with Gasteiger partial charge in [0.1, 0.15) is 11.9 Å². The summed E-state index contributed by atoms with van der Waals surface area (Å²) in [5.41, 5.74) is 12.6. The van der Waals surface area contributed by atoms with Gasteiger partial charge in [-0.1, -0.05) is 170 Å². The van der Waals surface area contributed by atoms with Crippen LogP contribution in [-0.2, 0) is 0 Å². The van der Waals surface area contributed by atoms with Crippen LogP contribution in [0.3, 0.4) is 0 Å². The van der Waals surface area contributed by atoms with E-state index < -0.39 is 0 Å². The van der Waals surface area contributed by atoms with Gasteiger partial charge in [0.25, 0.3) is 0 Å². The number of rotatable bonds is 6. The first-order valence-electron chi connectivity index (χ1n) is 16.9. The number of benzene rings is 7. The third-order valence-corrected chi connectivity index (χ3v) is 9.37. The van der Waals surface area contributed by atoms with Crippen LogP contribution < -0.4 is 5.32 Å². The molecule has 9 rings (SSSR count). The summed E-state index contributed by atoms with van der Waals surface area (Å²) in [6.45, 7) is 0. The summed E-state index contributed by atoms with van der Waals surface area (Å²) in [6, 6.07) is 63.0. The molecular weight excluding hydrogens is 609 g/mol. The Kier molecular flexibility index (Phi) is 7.52. The second-order valence-corrected chi connectivity index (χ2v) is 12.5. The highest BCUT2D eigenvalue weighted by molar-refractivity contribution is 6.12. The molecule has 2 heterocycles. The van der Waals surface area contributed by atoms with E-state index in [4.69, 9.17) is 15.0 Å². The topological polar surface area (TPSA) is 50.2 Å². The lowest BCUT2D eigenvalue weighted by Gasteiger charge is -2.27. The second-order valence-electron chi connectivity index (χ2n) is 12.5. The summed E-state index contributed by atoms with van der Waals surface area (Å²) in [5, 5.41) is 4.65. The van der Waals surface area contributed by atoms with Crippen molar-refractivity contribution in [2.24, 2.45) is 4.99 Å². The van der Waals surface area contributed by atoms with Crippen molar-refractivity contribution in [2.75, 3.05) is 5.32 Å². The molecule has 0 aliphatic carbocycles. The summed E-state index contributed by atoms with van der Waals surface area (Å²) in [4.78, 5) is 16.0. The highest BCUT2D eigenvalue weighted by Gasteiger charge is 2.28. The van der Waals surface area contributed by atoms with Crippen LogP contribution >= 0.6 is 0 Å². The molecule has 50 heavy (non-hydrogen) atoms. The molecule has 236 valence electrons. The van der Waals surface area contributed by atoms with E-state index in [9.17, 15) is 0 Å². The minimum atomic E-state index is -0.261. The van der Waals surface area contributed by atoms with Crippen molar-refractivity contribution in [2.45, 2.75) is 6.04 Å². The molecule has 0 fully saturated rings. The molecule has 1 N–H and O–H groups in total. The van der Waals surface area contributed by atoms with E-state index in [1.165, 1.54) is 11.1 Å². The number of nitrogens with one attached hydrogen (secondary N) is 1. The molecule has 0 radical (unpaired) electrons. The second kappa shape index (κ2) is 12.8. The molecule has 8 aromatic rings. The molecule has 0 saturated heterocycles. The minimum Gasteiger partial charge on any atom is -0.340 e. The van der Waals surface area contributed by atoms with Gasteiger partial charge >= 0.3 is 0 Å². The van der Waals surface area contributed by atoms with Gasteiger partial charge in [0, 0.05) is 33.3 Å². The van der Waals surface area contributed by atoms with E-state index in [1.54, 1.807) is 0 Å². The van der Waals surface area contributed by atoms with Crippen LogP contribution in [0.5, 0.6) is 0 Å². The SMILES string of the molecule is c1ccc(C2=NC(c3ccccc3)c3c(ccc4c(-c5ccc(-c6ccccc6)cc5)nc(-c5ccc(-c6ccccc6)cc5)nc34)N2)cc1. The normalized spacial score (nSPS) is 13.7. The largest absolute Gasteiger partial charge is 0.340 e. The number of anilines is 1. The Labute approximate surface area is 291 Å². The van der Waals surface area contributed by atoms with Gasteiger partial charge in [0.15, 0.2) is 5.82 Å². The maximum absolute atomic E-state index is 5.37. The molecule has 0 amide bonds. The van der Waals surface area contributed by atoms with E-state index in [2.05, 4.69) is 151 Å². The fraction of sp³-hybridized carbons (Fsp3) is 0.0217. The van der Waals surface area contributed by atoms with E-state index >= 15 is 0 Å². The lowest BCUT2D eigenvalue weighted by atomic mass is 9.91. The van der Waals surface area contributed by atoms with Crippen molar-refractivity contribution >= 4 is 22.4 Å². The number of hydrogen-bond acceptors (Lipinski definition) is 4. The van der Waals surface area contributed by atoms with Crippen molar-refractivity contribution in [3.05, 3.63) is 199 Å². The molecule has 1 aliphatic rings. The smallest absolute Gasteiger partial charge is 0.160 e. The Balaban J connectivity index is 1.25. The summed E-state index contributed by atoms with van der Waals surface area (Å²) in [6.07, 6.45) is 0. The average Bonchev–Trinajstić information content (AvgIpc) is 3.21. The molecule has 4 nitrogen and oxygen atoms in total. The van der Waals surface area contributed by atoms with Crippen molar-refractivity contribution in [1.82, 2.24) is 9.97 Å². The number of hydrogen-bond donors (Lipinski definition) is 1. The Morgan fingerprint density at radius 2 is 0.880 bits per heavy atom. The average molecular weight is 641 g/mol. The summed E-state index contributed by atoms with van der Waals surface area (Å²) in [5.74, 6) is 1.52. The van der Waals surface area contributed by atoms with Gasteiger partial charge in [0.05, 0.1) is 11.2 Å². The molecule has 1 unspecified atom stereocenters. The van der Waals surface area contributed by atoms with Gasteiger partial charge in [-0.15, -0.1) is 0 Å². The highest BCUT2D eigenvalue weighted by atomic mass is 15.1. The maximum atomic E-state index is 5.37. The molecule has 1 atom stereocenters. The van der Waals surface area contributed by atoms with Crippen LogP contribution in [0.15, 0.2) is 187 Å². The molecule has 0 bridgehead atoms. The first kappa shape index (κ1) is 29.5. The zero-order valence-corrected chi connectivity index (χ0v) is 27.2. The number of fused-ring (bicyclic) bond motifs is 3. The van der Waals surface area contributed by atoms with Gasteiger partial charge < -0.3 is 5.32 Å². The van der Waals surface area contributed by atoms with Crippen LogP contribution in [0.1, 0.15) is 22.7 Å². The lowest BCUT2D eigenvalue weighted by molar-refractivity contribution is 0.869. The van der Waals surface area contributed by atoms with Gasteiger partial charge in [0.2, 0.25) is 0 Å². The molecule has 0 saturated carbocycles. The van der Waals surface area contributed by atoms with Crippen molar-refractivity contribution in [3.63, 3.8) is 0 Å². The summed E-state index contributed by atoms with van der Waals surface area (Å²) in [7, 11) is 0. The third-order valence-electron chi connectivity index (χ3n) is 9.37. The monoisotopic (exact) mass is 640 g/mol. The molecule has 1 aliphatic heterocycles. The van der Waals surface area contributed by atoms with Crippen LogP contribution in [-0.4, -0.2) is 15.8 Å². The van der Waals surface area contributed by atoms with Crippen molar-refractivity contribution in [3.8, 4) is 44.9 Å². The number of nitrogens with zero attached hydrogens (tertiary/aromatic N) is 3. The summed E-state index contributed by atoms with van der Waals surface area (Å²) >= 11 is 0. The molecule has 7 aromatic carbocycles. The van der Waals surface area contributed by atoms with Crippen LogP contribution in [0.4, 0.5) is 5.69 Å². The van der Waals surface area contributed by atoms with Gasteiger partial charge in [-0.25, -0.2) is 9.97 Å². The third kappa shape index (κ3) is 5.53. The van der Waals surface area contributed by atoms with E-state index in [0.717, 1.165) is 67.1 Å². The Hall–Kier alpha value is -6.65. The zero-order chi connectivity index (χ0) is 33.3. The molecule has 0 spiro atoms.